The third-order valence-corrected chi connectivity index (χ3v) is 5.58. The summed E-state index contributed by atoms with van der Waals surface area (Å²) in [6, 6.07) is 12.4. The first-order chi connectivity index (χ1) is 14.1. The zero-order valence-electron chi connectivity index (χ0n) is 16.8. The Balaban J connectivity index is 1.92. The van der Waals surface area contributed by atoms with Crippen LogP contribution in [0.4, 0.5) is 0 Å². The molecule has 0 N–H and O–H groups in total. The average molecular weight is 413 g/mol. The predicted molar refractivity (Wildman–Crippen MR) is 116 cm³/mol. The third-order valence-electron chi connectivity index (χ3n) is 4.60. The summed E-state index contributed by atoms with van der Waals surface area (Å²) in [4.78, 5) is 30.5. The Morgan fingerprint density at radius 2 is 1.93 bits per heavy atom. The van der Waals surface area contributed by atoms with Gasteiger partial charge in [-0.2, -0.15) is 0 Å². The van der Waals surface area contributed by atoms with Gasteiger partial charge in [-0.05, 0) is 36.8 Å². The molecule has 0 saturated heterocycles. The number of nitrogens with zero attached hydrogens (tertiary/aromatic N) is 2. The van der Waals surface area contributed by atoms with Gasteiger partial charge in [0.1, 0.15) is 11.5 Å². The molecule has 3 rings (SSSR count). The quantitative estimate of drug-likeness (QED) is 0.298. The highest BCUT2D eigenvalue weighted by Gasteiger charge is 2.17. The van der Waals surface area contributed by atoms with Crippen LogP contribution in [-0.2, 0) is 6.54 Å². The number of carbonyl (C=O) groups excluding carboxylic acids is 1. The number of hydrogen-bond donors (Lipinski definition) is 0. The summed E-state index contributed by atoms with van der Waals surface area (Å²) in [6.45, 7) is 2.65. The van der Waals surface area contributed by atoms with Crippen molar-refractivity contribution in [1.29, 1.82) is 0 Å². The number of fused-ring (bicyclic) bond motifs is 1. The van der Waals surface area contributed by atoms with Crippen molar-refractivity contribution in [3.8, 4) is 11.5 Å². The highest BCUT2D eigenvalue weighted by Crippen LogP contribution is 2.27. The fraction of sp³-hybridized carbons (Fsp3) is 0.318. The summed E-state index contributed by atoms with van der Waals surface area (Å²) in [5.74, 6) is 1.10. The number of carbonyl (C=O) groups is 1. The standard InChI is InChI=1S/C22H24N2O4S/c1-4-5-12-24-21(26)16-8-6-7-9-18(16)23-22(24)29-14-19(25)17-13-15(27-2)10-11-20(17)28-3/h6-11,13H,4-5,12,14H2,1-3H3. The summed E-state index contributed by atoms with van der Waals surface area (Å²) < 4.78 is 12.2. The zero-order chi connectivity index (χ0) is 20.8. The van der Waals surface area contributed by atoms with E-state index in [4.69, 9.17) is 9.47 Å². The minimum absolute atomic E-state index is 0.0713. The van der Waals surface area contributed by atoms with Gasteiger partial charge in [-0.25, -0.2) is 4.98 Å². The second kappa shape index (κ2) is 9.60. The second-order valence-corrected chi connectivity index (χ2v) is 7.44. The number of aromatic nitrogens is 2. The molecule has 152 valence electrons. The Kier molecular flexibility index (Phi) is 6.93. The van der Waals surface area contributed by atoms with E-state index in [9.17, 15) is 9.59 Å². The molecule has 7 heteroatoms. The lowest BCUT2D eigenvalue weighted by Crippen LogP contribution is -2.24. The molecule has 0 radical (unpaired) electrons. The number of para-hydroxylation sites is 1. The van der Waals surface area contributed by atoms with E-state index in [2.05, 4.69) is 11.9 Å². The molecule has 0 bridgehead atoms. The Morgan fingerprint density at radius 3 is 2.66 bits per heavy atom. The summed E-state index contributed by atoms with van der Waals surface area (Å²) in [5, 5.41) is 1.14. The third kappa shape index (κ3) is 4.62. The average Bonchev–Trinajstić information content (AvgIpc) is 2.76. The number of benzene rings is 2. The second-order valence-electron chi connectivity index (χ2n) is 6.50. The van der Waals surface area contributed by atoms with E-state index < -0.39 is 0 Å². The molecule has 0 aliphatic rings. The molecule has 0 atom stereocenters. The van der Waals surface area contributed by atoms with Gasteiger partial charge < -0.3 is 9.47 Å². The highest BCUT2D eigenvalue weighted by atomic mass is 32.2. The maximum absolute atomic E-state index is 12.9. The lowest BCUT2D eigenvalue weighted by atomic mass is 10.1. The van der Waals surface area contributed by atoms with Crippen LogP contribution in [0.5, 0.6) is 11.5 Å². The van der Waals surface area contributed by atoms with Crippen molar-refractivity contribution in [2.24, 2.45) is 0 Å². The number of hydrogen-bond acceptors (Lipinski definition) is 6. The van der Waals surface area contributed by atoms with E-state index in [1.165, 1.54) is 18.9 Å². The molecule has 29 heavy (non-hydrogen) atoms. The number of thioether (sulfide) groups is 1. The molecule has 0 spiro atoms. The molecular formula is C22H24N2O4S. The number of methoxy groups -OCH3 is 2. The number of ether oxygens (including phenoxy) is 2. The molecule has 1 heterocycles. The maximum atomic E-state index is 12.9. The van der Waals surface area contributed by atoms with E-state index in [0.717, 1.165) is 12.8 Å². The molecule has 6 nitrogen and oxygen atoms in total. The lowest BCUT2D eigenvalue weighted by molar-refractivity contribution is 0.101. The molecule has 0 unspecified atom stereocenters. The molecule has 0 amide bonds. The van der Waals surface area contributed by atoms with Gasteiger partial charge in [0.2, 0.25) is 0 Å². The van der Waals surface area contributed by atoms with Gasteiger partial charge >= 0.3 is 0 Å². The van der Waals surface area contributed by atoms with Crippen LogP contribution >= 0.6 is 11.8 Å². The molecule has 0 fully saturated rings. The summed E-state index contributed by atoms with van der Waals surface area (Å²) >= 11 is 1.27. The molecular weight excluding hydrogens is 388 g/mol. The summed E-state index contributed by atoms with van der Waals surface area (Å²) in [7, 11) is 3.08. The predicted octanol–water partition coefficient (Wildman–Crippen LogP) is 4.19. The van der Waals surface area contributed by atoms with Gasteiger partial charge in [-0.3, -0.25) is 14.2 Å². The van der Waals surface area contributed by atoms with Crippen molar-refractivity contribution < 1.29 is 14.3 Å². The minimum Gasteiger partial charge on any atom is -0.497 e. The van der Waals surface area contributed by atoms with Crippen molar-refractivity contribution in [2.75, 3.05) is 20.0 Å². The van der Waals surface area contributed by atoms with Crippen LogP contribution in [0.15, 0.2) is 52.4 Å². The van der Waals surface area contributed by atoms with Crippen molar-refractivity contribution in [1.82, 2.24) is 9.55 Å². The van der Waals surface area contributed by atoms with Crippen LogP contribution in [0.2, 0.25) is 0 Å². The first-order valence-electron chi connectivity index (χ1n) is 9.46. The molecule has 1 aromatic heterocycles. The summed E-state index contributed by atoms with van der Waals surface area (Å²) in [5.41, 5.74) is 1.01. The van der Waals surface area contributed by atoms with Crippen LogP contribution in [0, 0.1) is 0 Å². The minimum atomic E-state index is -0.116. The maximum Gasteiger partial charge on any atom is 0.262 e. The van der Waals surface area contributed by atoms with Gasteiger partial charge in [0.05, 0.1) is 36.4 Å². The SMILES string of the molecule is CCCCn1c(SCC(=O)c2cc(OC)ccc2OC)nc2ccccc2c1=O. The van der Waals surface area contributed by atoms with Crippen molar-refractivity contribution in [3.05, 3.63) is 58.4 Å². The van der Waals surface area contributed by atoms with Crippen LogP contribution in [0.1, 0.15) is 30.1 Å². The largest absolute Gasteiger partial charge is 0.497 e. The Hall–Kier alpha value is -2.80. The van der Waals surface area contributed by atoms with Gasteiger partial charge in [0.15, 0.2) is 10.9 Å². The van der Waals surface area contributed by atoms with Crippen LogP contribution in [0.3, 0.4) is 0 Å². The Bertz CT molecular complexity index is 1080. The van der Waals surface area contributed by atoms with Crippen LogP contribution < -0.4 is 15.0 Å². The fourth-order valence-corrected chi connectivity index (χ4v) is 3.92. The number of rotatable bonds is 9. The Morgan fingerprint density at radius 1 is 1.14 bits per heavy atom. The molecule has 0 saturated carbocycles. The summed E-state index contributed by atoms with van der Waals surface area (Å²) in [6.07, 6.45) is 1.83. The highest BCUT2D eigenvalue weighted by molar-refractivity contribution is 7.99. The normalized spacial score (nSPS) is 10.9. The van der Waals surface area contributed by atoms with Gasteiger partial charge in [-0.15, -0.1) is 0 Å². The van der Waals surface area contributed by atoms with Crippen molar-refractivity contribution in [3.63, 3.8) is 0 Å². The smallest absolute Gasteiger partial charge is 0.262 e. The van der Waals surface area contributed by atoms with Crippen LogP contribution in [0.25, 0.3) is 10.9 Å². The number of unbranched alkanes of at least 4 members (excludes halogenated alkanes) is 1. The van der Waals surface area contributed by atoms with Crippen molar-refractivity contribution in [2.45, 2.75) is 31.5 Å². The van der Waals surface area contributed by atoms with Gasteiger partial charge in [-0.1, -0.05) is 37.2 Å². The first kappa shape index (κ1) is 20.9. The lowest BCUT2D eigenvalue weighted by Gasteiger charge is -2.13. The van der Waals surface area contributed by atoms with Gasteiger partial charge in [0, 0.05) is 6.54 Å². The van der Waals surface area contributed by atoms with Crippen LogP contribution in [-0.4, -0.2) is 35.3 Å². The fourth-order valence-electron chi connectivity index (χ4n) is 3.01. The Labute approximate surface area is 173 Å². The molecule has 2 aromatic carbocycles. The van der Waals surface area contributed by atoms with Crippen molar-refractivity contribution >= 4 is 28.4 Å². The van der Waals surface area contributed by atoms with E-state index in [-0.39, 0.29) is 17.1 Å². The number of Topliss-reactive ketones (excluding diaryl/α,β-unsaturated/α-hetero) is 1. The van der Waals surface area contributed by atoms with E-state index >= 15 is 0 Å². The van der Waals surface area contributed by atoms with Gasteiger partial charge in [0.25, 0.3) is 5.56 Å². The first-order valence-corrected chi connectivity index (χ1v) is 10.4. The molecule has 0 aliphatic carbocycles. The number of ketones is 1. The zero-order valence-corrected chi connectivity index (χ0v) is 17.6. The monoisotopic (exact) mass is 412 g/mol. The van der Waals surface area contributed by atoms with E-state index in [1.807, 2.05) is 18.2 Å². The molecule has 3 aromatic rings. The molecule has 0 aliphatic heterocycles. The van der Waals surface area contributed by atoms with E-state index in [0.29, 0.717) is 39.7 Å². The van der Waals surface area contributed by atoms with E-state index in [1.54, 1.807) is 35.9 Å². The topological polar surface area (TPSA) is 70.4 Å².